The number of para-hydroxylation sites is 2. The molecule has 1 unspecified atom stereocenters. The second kappa shape index (κ2) is 3.89. The SMILES string of the molecule is NC1CCCc2cn(-c3ccccc3O)nc21. The number of aromatic hydroxyl groups is 1. The smallest absolute Gasteiger partial charge is 0.141 e. The van der Waals surface area contributed by atoms with E-state index >= 15 is 0 Å². The highest BCUT2D eigenvalue weighted by Crippen LogP contribution is 2.29. The molecule has 1 atom stereocenters. The molecule has 0 aliphatic heterocycles. The van der Waals surface area contributed by atoms with Gasteiger partial charge in [-0.2, -0.15) is 5.10 Å². The Morgan fingerprint density at radius 3 is 2.94 bits per heavy atom. The summed E-state index contributed by atoms with van der Waals surface area (Å²) < 4.78 is 1.73. The summed E-state index contributed by atoms with van der Waals surface area (Å²) in [6, 6.07) is 7.23. The Hall–Kier alpha value is -1.81. The van der Waals surface area contributed by atoms with E-state index in [1.54, 1.807) is 16.8 Å². The second-order valence-corrected chi connectivity index (χ2v) is 4.47. The minimum atomic E-state index is 0.0332. The molecule has 17 heavy (non-hydrogen) atoms. The molecule has 1 aromatic carbocycles. The van der Waals surface area contributed by atoms with Gasteiger partial charge >= 0.3 is 0 Å². The summed E-state index contributed by atoms with van der Waals surface area (Å²) in [6.07, 6.45) is 5.10. The Morgan fingerprint density at radius 2 is 2.18 bits per heavy atom. The van der Waals surface area contributed by atoms with Gasteiger partial charge in [0, 0.05) is 12.2 Å². The molecule has 0 spiro atoms. The molecular weight excluding hydrogens is 214 g/mol. The summed E-state index contributed by atoms with van der Waals surface area (Å²) in [5.41, 5.74) is 8.91. The van der Waals surface area contributed by atoms with Crippen LogP contribution in [0, 0.1) is 0 Å². The third-order valence-electron chi connectivity index (χ3n) is 3.26. The normalized spacial score (nSPS) is 19.0. The van der Waals surface area contributed by atoms with Gasteiger partial charge < -0.3 is 10.8 Å². The van der Waals surface area contributed by atoms with Crippen molar-refractivity contribution in [3.63, 3.8) is 0 Å². The first-order valence-corrected chi connectivity index (χ1v) is 5.88. The van der Waals surface area contributed by atoms with Crippen LogP contribution in [-0.4, -0.2) is 14.9 Å². The van der Waals surface area contributed by atoms with Crippen LogP contribution >= 0.6 is 0 Å². The predicted molar refractivity (Wildman–Crippen MR) is 65.1 cm³/mol. The van der Waals surface area contributed by atoms with E-state index in [-0.39, 0.29) is 11.8 Å². The van der Waals surface area contributed by atoms with Crippen molar-refractivity contribution < 1.29 is 5.11 Å². The molecule has 1 heterocycles. The zero-order valence-electron chi connectivity index (χ0n) is 9.50. The van der Waals surface area contributed by atoms with Crippen molar-refractivity contribution in [2.75, 3.05) is 0 Å². The molecule has 2 aromatic rings. The number of fused-ring (bicyclic) bond motifs is 1. The Balaban J connectivity index is 2.08. The second-order valence-electron chi connectivity index (χ2n) is 4.47. The number of benzene rings is 1. The number of nitrogens with two attached hydrogens (primary N) is 1. The molecule has 88 valence electrons. The fourth-order valence-electron chi connectivity index (χ4n) is 2.36. The number of aryl methyl sites for hydroxylation is 1. The first kappa shape index (κ1) is 10.4. The molecule has 0 fully saturated rings. The Kier molecular flexibility index (Phi) is 2.37. The van der Waals surface area contributed by atoms with E-state index in [0.29, 0.717) is 5.69 Å². The van der Waals surface area contributed by atoms with Crippen molar-refractivity contribution in [2.45, 2.75) is 25.3 Å². The Labute approximate surface area is 99.7 Å². The average molecular weight is 229 g/mol. The van der Waals surface area contributed by atoms with E-state index in [9.17, 15) is 5.11 Å². The maximum absolute atomic E-state index is 9.80. The van der Waals surface area contributed by atoms with Crippen molar-refractivity contribution in [2.24, 2.45) is 5.73 Å². The van der Waals surface area contributed by atoms with E-state index in [1.807, 2.05) is 18.3 Å². The topological polar surface area (TPSA) is 64.1 Å². The molecule has 0 amide bonds. The van der Waals surface area contributed by atoms with E-state index in [2.05, 4.69) is 5.10 Å². The molecule has 3 rings (SSSR count). The van der Waals surface area contributed by atoms with E-state index < -0.39 is 0 Å². The summed E-state index contributed by atoms with van der Waals surface area (Å²) in [6.45, 7) is 0. The van der Waals surface area contributed by atoms with Crippen LogP contribution in [0.15, 0.2) is 30.5 Å². The molecule has 0 bridgehead atoms. The highest BCUT2D eigenvalue weighted by Gasteiger charge is 2.21. The minimum Gasteiger partial charge on any atom is -0.506 e. The maximum atomic E-state index is 9.80. The van der Waals surface area contributed by atoms with Crippen LogP contribution < -0.4 is 5.73 Å². The highest BCUT2D eigenvalue weighted by molar-refractivity contribution is 5.45. The van der Waals surface area contributed by atoms with Gasteiger partial charge in [-0.05, 0) is 37.0 Å². The largest absolute Gasteiger partial charge is 0.506 e. The summed E-state index contributed by atoms with van der Waals surface area (Å²) in [7, 11) is 0. The molecule has 4 heteroatoms. The van der Waals surface area contributed by atoms with Gasteiger partial charge in [0.2, 0.25) is 0 Å². The van der Waals surface area contributed by atoms with Crippen molar-refractivity contribution in [1.82, 2.24) is 9.78 Å². The summed E-state index contributed by atoms with van der Waals surface area (Å²) in [5.74, 6) is 0.237. The van der Waals surface area contributed by atoms with Crippen molar-refractivity contribution >= 4 is 0 Å². The van der Waals surface area contributed by atoms with Gasteiger partial charge in [-0.3, -0.25) is 0 Å². The van der Waals surface area contributed by atoms with Gasteiger partial charge in [0.05, 0.1) is 5.69 Å². The number of hydrogen-bond donors (Lipinski definition) is 2. The Bertz CT molecular complexity index is 547. The maximum Gasteiger partial charge on any atom is 0.141 e. The molecule has 1 aliphatic carbocycles. The lowest BCUT2D eigenvalue weighted by atomic mass is 9.95. The van der Waals surface area contributed by atoms with Gasteiger partial charge in [0.1, 0.15) is 11.4 Å². The standard InChI is InChI=1S/C13H15N3O/c14-10-5-3-4-9-8-16(15-13(9)10)11-6-1-2-7-12(11)17/h1-2,6-8,10,17H,3-5,14H2. The van der Waals surface area contributed by atoms with Crippen LogP contribution in [0.4, 0.5) is 0 Å². The number of nitrogens with zero attached hydrogens (tertiary/aromatic N) is 2. The van der Waals surface area contributed by atoms with Crippen LogP contribution in [0.3, 0.4) is 0 Å². The first-order chi connectivity index (χ1) is 8.25. The molecule has 0 saturated carbocycles. The van der Waals surface area contributed by atoms with Crippen LogP contribution in [0.1, 0.15) is 30.1 Å². The van der Waals surface area contributed by atoms with Crippen LogP contribution in [0.2, 0.25) is 0 Å². The van der Waals surface area contributed by atoms with Gasteiger partial charge in [-0.1, -0.05) is 12.1 Å². The van der Waals surface area contributed by atoms with Crippen LogP contribution in [0.25, 0.3) is 5.69 Å². The van der Waals surface area contributed by atoms with Gasteiger partial charge in [0.25, 0.3) is 0 Å². The lowest BCUT2D eigenvalue weighted by Crippen LogP contribution is -2.17. The van der Waals surface area contributed by atoms with Crippen molar-refractivity contribution in [3.05, 3.63) is 41.7 Å². The van der Waals surface area contributed by atoms with Gasteiger partial charge in [-0.25, -0.2) is 4.68 Å². The summed E-state index contributed by atoms with van der Waals surface area (Å²) in [5, 5.41) is 14.3. The van der Waals surface area contributed by atoms with Crippen LogP contribution in [0.5, 0.6) is 5.75 Å². The zero-order valence-corrected chi connectivity index (χ0v) is 9.50. The summed E-state index contributed by atoms with van der Waals surface area (Å²) >= 11 is 0. The van der Waals surface area contributed by atoms with Crippen molar-refractivity contribution in [3.8, 4) is 11.4 Å². The third kappa shape index (κ3) is 1.70. The lowest BCUT2D eigenvalue weighted by molar-refractivity contribution is 0.470. The number of hydrogen-bond acceptors (Lipinski definition) is 3. The average Bonchev–Trinajstić information content (AvgIpc) is 2.75. The Morgan fingerprint density at radius 1 is 1.35 bits per heavy atom. The molecule has 0 saturated heterocycles. The molecule has 1 aliphatic rings. The monoisotopic (exact) mass is 229 g/mol. The lowest BCUT2D eigenvalue weighted by Gasteiger charge is -2.15. The van der Waals surface area contributed by atoms with Crippen molar-refractivity contribution in [1.29, 1.82) is 0 Å². The van der Waals surface area contributed by atoms with E-state index in [1.165, 1.54) is 5.56 Å². The van der Waals surface area contributed by atoms with Crippen LogP contribution in [-0.2, 0) is 6.42 Å². The third-order valence-corrected chi connectivity index (χ3v) is 3.26. The van der Waals surface area contributed by atoms with E-state index in [4.69, 9.17) is 5.73 Å². The molecule has 1 aromatic heterocycles. The molecular formula is C13H15N3O. The number of phenolic OH excluding ortho intramolecular Hbond substituents is 1. The number of rotatable bonds is 1. The number of phenols is 1. The fourth-order valence-corrected chi connectivity index (χ4v) is 2.36. The van der Waals surface area contributed by atoms with E-state index in [0.717, 1.165) is 25.0 Å². The summed E-state index contributed by atoms with van der Waals surface area (Å²) in [4.78, 5) is 0. The molecule has 3 N–H and O–H groups in total. The minimum absolute atomic E-state index is 0.0332. The predicted octanol–water partition coefficient (Wildman–Crippen LogP) is 1.91. The molecule has 0 radical (unpaired) electrons. The van der Waals surface area contributed by atoms with Gasteiger partial charge in [0.15, 0.2) is 0 Å². The first-order valence-electron chi connectivity index (χ1n) is 5.88. The number of aromatic nitrogens is 2. The fraction of sp³-hybridized carbons (Fsp3) is 0.308. The highest BCUT2D eigenvalue weighted by atomic mass is 16.3. The quantitative estimate of drug-likeness (QED) is 0.785. The molecule has 4 nitrogen and oxygen atoms in total. The van der Waals surface area contributed by atoms with Gasteiger partial charge in [-0.15, -0.1) is 0 Å². The zero-order chi connectivity index (χ0) is 11.8.